The number of rotatable bonds is 1. The van der Waals surface area contributed by atoms with Gasteiger partial charge in [0.1, 0.15) is 0 Å². The Bertz CT molecular complexity index is 176. The van der Waals surface area contributed by atoms with Crippen molar-refractivity contribution in [1.29, 1.82) is 0 Å². The maximum Gasteiger partial charge on any atom is 0.369 e. The van der Waals surface area contributed by atoms with Gasteiger partial charge in [0.15, 0.2) is 12.2 Å². The van der Waals surface area contributed by atoms with Crippen molar-refractivity contribution in [2.24, 2.45) is 0 Å². The van der Waals surface area contributed by atoms with E-state index in [1.165, 1.54) is 0 Å². The van der Waals surface area contributed by atoms with Crippen LogP contribution >= 0.6 is 0 Å². The van der Waals surface area contributed by atoms with E-state index in [0.29, 0.717) is 0 Å². The molecular weight excluding hydrogens is 156 g/mol. The summed E-state index contributed by atoms with van der Waals surface area (Å²) in [5, 5.41) is 34.8. The van der Waals surface area contributed by atoms with E-state index in [4.69, 9.17) is 20.4 Å². The Labute approximate surface area is 61.6 Å². The molecule has 0 aromatic heterocycles. The molecule has 0 aromatic carbocycles. The van der Waals surface area contributed by atoms with Gasteiger partial charge in [0.2, 0.25) is 0 Å². The molecule has 11 heavy (non-hydrogen) atoms. The van der Waals surface area contributed by atoms with Crippen LogP contribution in [0.1, 0.15) is 0 Å². The first-order valence-corrected chi connectivity index (χ1v) is 2.95. The Morgan fingerprint density at radius 3 is 2.27 bits per heavy atom. The van der Waals surface area contributed by atoms with E-state index in [2.05, 4.69) is 4.74 Å². The van der Waals surface area contributed by atoms with E-state index < -0.39 is 30.6 Å². The molecule has 1 aliphatic rings. The number of esters is 1. The molecule has 0 aromatic rings. The lowest BCUT2D eigenvalue weighted by Gasteiger charge is -2.15. The number of hydrogen-bond acceptors (Lipinski definition) is 6. The number of carbonyl (C=O) groups is 1. The minimum Gasteiger partial charge on any atom is -0.453 e. The van der Waals surface area contributed by atoms with E-state index >= 15 is 0 Å². The molecule has 0 spiro atoms. The van der Waals surface area contributed by atoms with Gasteiger partial charge in [0.05, 0.1) is 6.61 Å². The number of hydrogen-bond donors (Lipinski definition) is 4. The highest BCUT2D eigenvalue weighted by Crippen LogP contribution is 2.23. The summed E-state index contributed by atoms with van der Waals surface area (Å²) in [6, 6.07) is 0. The first-order valence-electron chi connectivity index (χ1n) is 2.95. The second kappa shape index (κ2) is 2.42. The second-order valence-electron chi connectivity index (χ2n) is 2.30. The maximum atomic E-state index is 10.5. The second-order valence-corrected chi connectivity index (χ2v) is 2.30. The Morgan fingerprint density at radius 2 is 2.09 bits per heavy atom. The summed E-state index contributed by atoms with van der Waals surface area (Å²) in [6.07, 6.45) is -3.04. The predicted molar refractivity (Wildman–Crippen MR) is 30.1 cm³/mol. The minimum absolute atomic E-state index is 0.643. The van der Waals surface area contributed by atoms with Gasteiger partial charge in [-0.2, -0.15) is 0 Å². The van der Waals surface area contributed by atoms with Crippen molar-refractivity contribution in [2.45, 2.75) is 18.0 Å². The Morgan fingerprint density at radius 1 is 1.55 bits per heavy atom. The zero-order valence-corrected chi connectivity index (χ0v) is 5.47. The molecular formula is C5H8O6. The molecule has 6 nitrogen and oxygen atoms in total. The molecule has 0 amide bonds. The third kappa shape index (κ3) is 1.10. The number of aliphatic hydroxyl groups excluding tert-OH is 2. The van der Waals surface area contributed by atoms with Gasteiger partial charge in [-0.3, -0.25) is 0 Å². The van der Waals surface area contributed by atoms with Crippen molar-refractivity contribution in [1.82, 2.24) is 0 Å². The smallest absolute Gasteiger partial charge is 0.369 e. The first kappa shape index (κ1) is 8.41. The largest absolute Gasteiger partial charge is 0.453 e. The van der Waals surface area contributed by atoms with Crippen LogP contribution in [-0.2, 0) is 9.53 Å². The lowest BCUT2D eigenvalue weighted by Crippen LogP contribution is -2.46. The van der Waals surface area contributed by atoms with E-state index in [-0.39, 0.29) is 0 Å². The summed E-state index contributed by atoms with van der Waals surface area (Å²) in [4.78, 5) is 10.5. The standard InChI is InChI=1S/C5H8O6/c6-1-2-3(7)5(9,10)4(8)11-2/h2-3,6-7,9-10H,1H2/t2-,3-/m1/s1. The van der Waals surface area contributed by atoms with Gasteiger partial charge in [-0.05, 0) is 0 Å². The fraction of sp³-hybridized carbons (Fsp3) is 0.800. The van der Waals surface area contributed by atoms with Crippen molar-refractivity contribution in [3.05, 3.63) is 0 Å². The summed E-state index contributed by atoms with van der Waals surface area (Å²) in [5.74, 6) is -4.23. The monoisotopic (exact) mass is 164 g/mol. The van der Waals surface area contributed by atoms with Gasteiger partial charge >= 0.3 is 5.97 Å². The third-order valence-corrected chi connectivity index (χ3v) is 1.50. The van der Waals surface area contributed by atoms with Gasteiger partial charge < -0.3 is 25.2 Å². The molecule has 0 radical (unpaired) electrons. The number of aliphatic hydroxyl groups is 4. The van der Waals surface area contributed by atoms with Crippen LogP contribution in [0.15, 0.2) is 0 Å². The number of carbonyl (C=O) groups excluding carboxylic acids is 1. The van der Waals surface area contributed by atoms with Crippen LogP contribution in [0.5, 0.6) is 0 Å². The van der Waals surface area contributed by atoms with Gasteiger partial charge in [0.25, 0.3) is 5.79 Å². The van der Waals surface area contributed by atoms with E-state index in [1.54, 1.807) is 0 Å². The summed E-state index contributed by atoms with van der Waals surface area (Å²) in [7, 11) is 0. The summed E-state index contributed by atoms with van der Waals surface area (Å²) < 4.78 is 4.20. The van der Waals surface area contributed by atoms with Crippen molar-refractivity contribution in [3.63, 3.8) is 0 Å². The molecule has 0 aliphatic carbocycles. The molecule has 2 atom stereocenters. The molecule has 6 heteroatoms. The van der Waals surface area contributed by atoms with Crippen molar-refractivity contribution >= 4 is 5.97 Å². The van der Waals surface area contributed by atoms with E-state index in [9.17, 15) is 4.79 Å². The SMILES string of the molecule is O=C1O[C@H](CO)[C@@H](O)C1(O)O. The lowest BCUT2D eigenvalue weighted by atomic mass is 10.1. The molecule has 1 aliphatic heterocycles. The Hall–Kier alpha value is -0.690. The van der Waals surface area contributed by atoms with Crippen LogP contribution in [0, 0.1) is 0 Å². The topological polar surface area (TPSA) is 107 Å². The first-order chi connectivity index (χ1) is 5.00. The molecule has 0 bridgehead atoms. The molecule has 64 valence electrons. The van der Waals surface area contributed by atoms with Crippen molar-refractivity contribution in [2.75, 3.05) is 6.61 Å². The van der Waals surface area contributed by atoms with Gasteiger partial charge in [-0.15, -0.1) is 0 Å². The zero-order valence-electron chi connectivity index (χ0n) is 5.47. The van der Waals surface area contributed by atoms with Crippen LogP contribution < -0.4 is 0 Å². The highest BCUT2D eigenvalue weighted by atomic mass is 16.6. The molecule has 1 heterocycles. The molecule has 0 unspecified atom stereocenters. The molecule has 4 N–H and O–H groups in total. The summed E-state index contributed by atoms with van der Waals surface area (Å²) in [6.45, 7) is -0.643. The fourth-order valence-corrected chi connectivity index (χ4v) is 0.806. The van der Waals surface area contributed by atoms with Crippen LogP contribution in [0.4, 0.5) is 0 Å². The van der Waals surface area contributed by atoms with Crippen LogP contribution in [0.25, 0.3) is 0 Å². The quantitative estimate of drug-likeness (QED) is 0.242. The lowest BCUT2D eigenvalue weighted by molar-refractivity contribution is -0.210. The number of ether oxygens (including phenoxy) is 1. The Balaban J connectivity index is 2.80. The fourth-order valence-electron chi connectivity index (χ4n) is 0.806. The maximum absolute atomic E-state index is 10.5. The average molecular weight is 164 g/mol. The highest BCUT2D eigenvalue weighted by molar-refractivity contribution is 5.80. The van der Waals surface area contributed by atoms with Crippen LogP contribution in [-0.4, -0.2) is 51.0 Å². The van der Waals surface area contributed by atoms with Crippen molar-refractivity contribution < 1.29 is 30.0 Å². The van der Waals surface area contributed by atoms with E-state index in [0.717, 1.165) is 0 Å². The predicted octanol–water partition coefficient (Wildman–Crippen LogP) is -3.05. The van der Waals surface area contributed by atoms with Gasteiger partial charge in [0, 0.05) is 0 Å². The third-order valence-electron chi connectivity index (χ3n) is 1.50. The summed E-state index contributed by atoms with van der Waals surface area (Å²) in [5.41, 5.74) is 0. The summed E-state index contributed by atoms with van der Waals surface area (Å²) >= 11 is 0. The van der Waals surface area contributed by atoms with E-state index in [1.807, 2.05) is 0 Å². The molecule has 0 saturated carbocycles. The van der Waals surface area contributed by atoms with Crippen molar-refractivity contribution in [3.8, 4) is 0 Å². The van der Waals surface area contributed by atoms with Crippen LogP contribution in [0.2, 0.25) is 0 Å². The highest BCUT2D eigenvalue weighted by Gasteiger charge is 2.55. The molecule has 1 fully saturated rings. The molecule has 1 saturated heterocycles. The normalized spacial score (nSPS) is 35.5. The average Bonchev–Trinajstić information content (AvgIpc) is 2.14. The molecule has 1 rings (SSSR count). The number of cyclic esters (lactones) is 1. The van der Waals surface area contributed by atoms with Gasteiger partial charge in [-0.25, -0.2) is 4.79 Å². The Kier molecular flexibility index (Phi) is 1.85. The van der Waals surface area contributed by atoms with Crippen LogP contribution in [0.3, 0.4) is 0 Å². The van der Waals surface area contributed by atoms with Gasteiger partial charge in [-0.1, -0.05) is 0 Å². The zero-order chi connectivity index (χ0) is 8.65. The minimum atomic E-state index is -2.88.